The molecule has 0 aliphatic rings. The summed E-state index contributed by atoms with van der Waals surface area (Å²) in [6, 6.07) is 6.15. The van der Waals surface area contributed by atoms with Gasteiger partial charge in [0.1, 0.15) is 17.3 Å². The zero-order valence-electron chi connectivity index (χ0n) is 11.6. The number of aryl methyl sites for hydroxylation is 1. The summed E-state index contributed by atoms with van der Waals surface area (Å²) in [7, 11) is 0. The van der Waals surface area contributed by atoms with E-state index in [0.717, 1.165) is 5.88 Å². The molecule has 0 saturated carbocycles. The fraction of sp³-hybridized carbons (Fsp3) is 0.400. The molecule has 0 radical (unpaired) electrons. The summed E-state index contributed by atoms with van der Waals surface area (Å²) in [6.45, 7) is 3.91. The summed E-state index contributed by atoms with van der Waals surface area (Å²) in [6.07, 6.45) is 3.73. The van der Waals surface area contributed by atoms with Crippen LogP contribution in [0.15, 0.2) is 28.8 Å². The van der Waals surface area contributed by atoms with Crippen molar-refractivity contribution in [2.24, 2.45) is 0 Å². The molecule has 1 aromatic carbocycles. The van der Waals surface area contributed by atoms with Crippen LogP contribution in [0.25, 0.3) is 11.3 Å². The molecular formula is C15H18Cl2FNO. The van der Waals surface area contributed by atoms with Crippen molar-refractivity contribution < 1.29 is 8.91 Å². The van der Waals surface area contributed by atoms with Crippen LogP contribution in [-0.4, -0.2) is 11.0 Å². The van der Waals surface area contributed by atoms with E-state index in [4.69, 9.17) is 27.7 Å². The fourth-order valence-corrected chi connectivity index (χ4v) is 2.02. The predicted octanol–water partition coefficient (Wildman–Crippen LogP) is 5.86. The lowest BCUT2D eigenvalue weighted by Gasteiger charge is -2.00. The van der Waals surface area contributed by atoms with Crippen LogP contribution in [0, 0.1) is 12.7 Å². The molecule has 0 saturated heterocycles. The topological polar surface area (TPSA) is 26.0 Å². The summed E-state index contributed by atoms with van der Waals surface area (Å²) in [5.74, 6) is 1.05. The lowest BCUT2D eigenvalue weighted by Crippen LogP contribution is -1.84. The zero-order valence-corrected chi connectivity index (χ0v) is 13.1. The lowest BCUT2D eigenvalue weighted by molar-refractivity contribution is 0.399. The number of nitrogens with zero attached hydrogens (tertiary/aromatic N) is 1. The van der Waals surface area contributed by atoms with Crippen molar-refractivity contribution >= 4 is 23.2 Å². The highest BCUT2D eigenvalue weighted by Gasteiger charge is 2.12. The molecule has 2 rings (SSSR count). The first kappa shape index (κ1) is 17.0. The molecule has 0 atom stereocenters. The fourth-order valence-electron chi connectivity index (χ4n) is 1.57. The molecule has 1 heterocycles. The Hall–Kier alpha value is -1.06. The van der Waals surface area contributed by atoms with Gasteiger partial charge in [-0.25, -0.2) is 4.39 Å². The maximum Gasteiger partial charge on any atom is 0.134 e. The van der Waals surface area contributed by atoms with Crippen LogP contribution in [0.5, 0.6) is 0 Å². The van der Waals surface area contributed by atoms with E-state index in [-0.39, 0.29) is 5.56 Å². The van der Waals surface area contributed by atoms with Gasteiger partial charge in [-0.2, -0.15) is 0 Å². The van der Waals surface area contributed by atoms with Crippen molar-refractivity contribution in [2.45, 2.75) is 33.1 Å². The van der Waals surface area contributed by atoms with Gasteiger partial charge in [0.15, 0.2) is 0 Å². The van der Waals surface area contributed by atoms with Crippen molar-refractivity contribution in [3.63, 3.8) is 0 Å². The van der Waals surface area contributed by atoms with E-state index in [2.05, 4.69) is 12.1 Å². The molecule has 0 spiro atoms. The molecule has 5 heteroatoms. The Morgan fingerprint density at radius 1 is 1.30 bits per heavy atom. The Labute approximate surface area is 128 Å². The Bertz CT molecular complexity index is 504. The van der Waals surface area contributed by atoms with Gasteiger partial charge in [-0.05, 0) is 25.5 Å². The van der Waals surface area contributed by atoms with E-state index < -0.39 is 5.82 Å². The highest BCUT2D eigenvalue weighted by molar-refractivity contribution is 6.33. The average molecular weight is 318 g/mol. The molecule has 2 aromatic rings. The molecule has 20 heavy (non-hydrogen) atoms. The molecule has 0 aliphatic heterocycles. The maximum atomic E-state index is 13.4. The molecule has 0 fully saturated rings. The summed E-state index contributed by atoms with van der Waals surface area (Å²) >= 11 is 11.2. The van der Waals surface area contributed by atoms with Gasteiger partial charge in [-0.15, -0.1) is 11.6 Å². The molecule has 2 nitrogen and oxygen atoms in total. The Balaban J connectivity index is 0.000000286. The summed E-state index contributed by atoms with van der Waals surface area (Å²) in [5, 5.41) is 4.04. The monoisotopic (exact) mass is 317 g/mol. The van der Waals surface area contributed by atoms with Crippen LogP contribution in [-0.2, 0) is 0 Å². The van der Waals surface area contributed by atoms with Crippen LogP contribution in [0.2, 0.25) is 5.02 Å². The van der Waals surface area contributed by atoms with E-state index in [1.807, 2.05) is 0 Å². The normalized spacial score (nSPS) is 10.1. The number of hydrogen-bond donors (Lipinski definition) is 0. The third kappa shape index (κ3) is 5.14. The number of benzene rings is 1. The van der Waals surface area contributed by atoms with Gasteiger partial charge in [-0.3, -0.25) is 0 Å². The van der Waals surface area contributed by atoms with Gasteiger partial charge < -0.3 is 4.52 Å². The number of unbranched alkanes of at least 4 members (excludes halogenated alkanes) is 2. The van der Waals surface area contributed by atoms with Gasteiger partial charge in [0.25, 0.3) is 0 Å². The number of halogens is 3. The zero-order chi connectivity index (χ0) is 15.0. The summed E-state index contributed by atoms with van der Waals surface area (Å²) in [5.41, 5.74) is 0.705. The summed E-state index contributed by atoms with van der Waals surface area (Å²) < 4.78 is 18.2. The van der Waals surface area contributed by atoms with Crippen LogP contribution in [0.4, 0.5) is 4.39 Å². The first-order chi connectivity index (χ1) is 9.60. The second-order valence-corrected chi connectivity index (χ2v) is 5.10. The van der Waals surface area contributed by atoms with Gasteiger partial charge in [0.2, 0.25) is 0 Å². The van der Waals surface area contributed by atoms with Crippen molar-refractivity contribution in [1.82, 2.24) is 5.16 Å². The SMILES string of the molecule is CCCCCCl.Cc1cc(-c2c(F)cccc2Cl)no1. The molecule has 0 bridgehead atoms. The van der Waals surface area contributed by atoms with Crippen molar-refractivity contribution in [2.75, 3.05) is 5.88 Å². The number of rotatable bonds is 4. The number of hydrogen-bond acceptors (Lipinski definition) is 2. The predicted molar refractivity (Wildman–Crippen MR) is 81.9 cm³/mol. The molecule has 0 N–H and O–H groups in total. The van der Waals surface area contributed by atoms with Crippen molar-refractivity contribution in [1.29, 1.82) is 0 Å². The van der Waals surface area contributed by atoms with Crippen LogP contribution in [0.3, 0.4) is 0 Å². The first-order valence-electron chi connectivity index (χ1n) is 6.53. The van der Waals surface area contributed by atoms with E-state index in [1.165, 1.54) is 25.3 Å². The highest BCUT2D eigenvalue weighted by Crippen LogP contribution is 2.29. The minimum absolute atomic E-state index is 0.283. The standard InChI is InChI=1S/C10H7ClFNO.C5H11Cl/c1-6-5-9(13-14-6)10-7(11)3-2-4-8(10)12;1-2-3-4-5-6/h2-5H,1H3;2-5H2,1H3. The second-order valence-electron chi connectivity index (χ2n) is 4.32. The third-order valence-corrected chi connectivity index (χ3v) is 3.17. The van der Waals surface area contributed by atoms with Crippen LogP contribution >= 0.6 is 23.2 Å². The molecule has 110 valence electrons. The van der Waals surface area contributed by atoms with Gasteiger partial charge in [-0.1, -0.05) is 42.6 Å². The van der Waals surface area contributed by atoms with Crippen molar-refractivity contribution in [3.8, 4) is 11.3 Å². The summed E-state index contributed by atoms with van der Waals surface area (Å²) in [4.78, 5) is 0. The molecule has 0 unspecified atom stereocenters. The Kier molecular flexibility index (Phi) is 7.63. The minimum Gasteiger partial charge on any atom is -0.361 e. The van der Waals surface area contributed by atoms with E-state index in [9.17, 15) is 4.39 Å². The van der Waals surface area contributed by atoms with Gasteiger partial charge in [0.05, 0.1) is 10.6 Å². The van der Waals surface area contributed by atoms with Crippen molar-refractivity contribution in [3.05, 3.63) is 40.9 Å². The van der Waals surface area contributed by atoms with Crippen LogP contribution in [0.1, 0.15) is 31.9 Å². The Morgan fingerprint density at radius 3 is 2.50 bits per heavy atom. The van der Waals surface area contributed by atoms with Gasteiger partial charge >= 0.3 is 0 Å². The van der Waals surface area contributed by atoms with E-state index in [0.29, 0.717) is 16.5 Å². The van der Waals surface area contributed by atoms with E-state index >= 15 is 0 Å². The average Bonchev–Trinajstić information content (AvgIpc) is 2.83. The maximum absolute atomic E-state index is 13.4. The number of alkyl halides is 1. The lowest BCUT2D eigenvalue weighted by atomic mass is 10.1. The minimum atomic E-state index is -0.397. The third-order valence-electron chi connectivity index (χ3n) is 2.58. The molecule has 0 aliphatic carbocycles. The number of aromatic nitrogens is 1. The quantitative estimate of drug-likeness (QED) is 0.521. The second kappa shape index (κ2) is 8.98. The smallest absolute Gasteiger partial charge is 0.134 e. The highest BCUT2D eigenvalue weighted by atomic mass is 35.5. The van der Waals surface area contributed by atoms with Crippen LogP contribution < -0.4 is 0 Å². The largest absolute Gasteiger partial charge is 0.361 e. The van der Waals surface area contributed by atoms with Gasteiger partial charge in [0, 0.05) is 11.9 Å². The molecule has 1 aromatic heterocycles. The molecule has 0 amide bonds. The first-order valence-corrected chi connectivity index (χ1v) is 7.45. The molecular weight excluding hydrogens is 300 g/mol. The Morgan fingerprint density at radius 2 is 2.05 bits per heavy atom. The van der Waals surface area contributed by atoms with E-state index in [1.54, 1.807) is 25.1 Å².